The number of aromatic amines is 1. The van der Waals surface area contributed by atoms with Crippen molar-refractivity contribution in [1.29, 1.82) is 0 Å². The number of non-ortho nitro benzene ring substituents is 1. The van der Waals surface area contributed by atoms with Crippen LogP contribution in [0, 0.1) is 10.1 Å². The molecule has 3 heterocycles. The molecule has 0 atom stereocenters. The lowest BCUT2D eigenvalue weighted by molar-refractivity contribution is -0.384. The molecule has 4 aromatic rings. The first-order valence-electron chi connectivity index (χ1n) is 11.1. The molecule has 3 N–H and O–H groups in total. The van der Waals surface area contributed by atoms with Gasteiger partial charge in [0, 0.05) is 58.5 Å². The van der Waals surface area contributed by atoms with Gasteiger partial charge in [-0.15, -0.1) is 0 Å². The number of H-pyrrole nitrogens is 1. The lowest BCUT2D eigenvalue weighted by atomic mass is 9.95. The lowest BCUT2D eigenvalue weighted by Crippen LogP contribution is -2.22. The molecule has 0 saturated carbocycles. The monoisotopic (exact) mass is 457 g/mol. The Balaban J connectivity index is 1.72. The second-order valence-corrected chi connectivity index (χ2v) is 8.18. The fourth-order valence-corrected chi connectivity index (χ4v) is 4.58. The molecular formula is C25H23N5O4. The van der Waals surface area contributed by atoms with Gasteiger partial charge in [-0.25, -0.2) is 0 Å². The predicted molar refractivity (Wildman–Crippen MR) is 130 cm³/mol. The standard InChI is InChI=1S/C25H23N5O4/c1-2-26-10-5-11-29-14-19(17-9-8-15(30(33)34)12-21(17)29)23-22(24(31)28-25(23)32)18-13-27-20-7-4-3-6-16(18)20/h3-4,6-9,12-14,26-27H,2,5,10-11H2,1H3,(H,28,31,32). The van der Waals surface area contributed by atoms with E-state index >= 15 is 0 Å². The summed E-state index contributed by atoms with van der Waals surface area (Å²) in [7, 11) is 0. The van der Waals surface area contributed by atoms with Gasteiger partial charge >= 0.3 is 0 Å². The van der Waals surface area contributed by atoms with E-state index in [-0.39, 0.29) is 11.3 Å². The normalized spacial score (nSPS) is 13.9. The van der Waals surface area contributed by atoms with Crippen molar-refractivity contribution in [3.05, 3.63) is 76.1 Å². The molecule has 0 fully saturated rings. The number of rotatable bonds is 8. The average Bonchev–Trinajstić information content (AvgIpc) is 3.49. The summed E-state index contributed by atoms with van der Waals surface area (Å²) in [6, 6.07) is 12.2. The minimum absolute atomic E-state index is 0.0251. The van der Waals surface area contributed by atoms with Crippen molar-refractivity contribution in [2.75, 3.05) is 13.1 Å². The third-order valence-electron chi connectivity index (χ3n) is 6.14. The summed E-state index contributed by atoms with van der Waals surface area (Å²) < 4.78 is 1.92. The van der Waals surface area contributed by atoms with Gasteiger partial charge in [-0.1, -0.05) is 25.1 Å². The molecule has 0 radical (unpaired) electrons. The average molecular weight is 457 g/mol. The molecule has 5 rings (SSSR count). The maximum atomic E-state index is 13.0. The summed E-state index contributed by atoms with van der Waals surface area (Å²) in [5.41, 5.74) is 3.28. The quantitative estimate of drug-likeness (QED) is 0.162. The van der Waals surface area contributed by atoms with Crippen molar-refractivity contribution in [1.82, 2.24) is 20.2 Å². The highest BCUT2D eigenvalue weighted by Gasteiger charge is 2.35. The molecule has 2 aromatic carbocycles. The number of aryl methyl sites for hydroxylation is 1. The number of benzene rings is 2. The van der Waals surface area contributed by atoms with E-state index in [0.29, 0.717) is 34.1 Å². The molecular weight excluding hydrogens is 434 g/mol. The molecule has 0 aliphatic carbocycles. The van der Waals surface area contributed by atoms with Crippen LogP contribution in [0.25, 0.3) is 33.0 Å². The zero-order valence-electron chi connectivity index (χ0n) is 18.6. The number of carbonyl (C=O) groups is 2. The highest BCUT2D eigenvalue weighted by Crippen LogP contribution is 2.39. The number of para-hydroxylation sites is 1. The van der Waals surface area contributed by atoms with Gasteiger partial charge in [0.2, 0.25) is 0 Å². The van der Waals surface area contributed by atoms with Crippen LogP contribution in [-0.4, -0.2) is 39.4 Å². The van der Waals surface area contributed by atoms with Crippen molar-refractivity contribution in [3.8, 4) is 0 Å². The van der Waals surface area contributed by atoms with E-state index < -0.39 is 16.7 Å². The molecule has 0 spiro atoms. The molecule has 9 heteroatoms. The van der Waals surface area contributed by atoms with Crippen LogP contribution in [0.15, 0.2) is 54.9 Å². The van der Waals surface area contributed by atoms with Gasteiger partial charge in [0.1, 0.15) is 0 Å². The van der Waals surface area contributed by atoms with Crippen molar-refractivity contribution in [3.63, 3.8) is 0 Å². The van der Waals surface area contributed by atoms with E-state index in [1.807, 2.05) is 42.0 Å². The van der Waals surface area contributed by atoms with Crippen molar-refractivity contribution in [2.45, 2.75) is 19.9 Å². The number of hydrogen-bond acceptors (Lipinski definition) is 5. The van der Waals surface area contributed by atoms with Crippen LogP contribution in [0.4, 0.5) is 5.69 Å². The maximum Gasteiger partial charge on any atom is 0.271 e. The Morgan fingerprint density at radius 1 is 1.03 bits per heavy atom. The van der Waals surface area contributed by atoms with Gasteiger partial charge in [-0.05, 0) is 31.6 Å². The van der Waals surface area contributed by atoms with E-state index in [0.717, 1.165) is 30.4 Å². The number of nitro groups is 1. The summed E-state index contributed by atoms with van der Waals surface area (Å²) in [4.78, 5) is 40.1. The van der Waals surface area contributed by atoms with E-state index in [1.54, 1.807) is 12.3 Å². The minimum Gasteiger partial charge on any atom is -0.361 e. The van der Waals surface area contributed by atoms with Crippen LogP contribution in [0.3, 0.4) is 0 Å². The van der Waals surface area contributed by atoms with Crippen LogP contribution in [0.1, 0.15) is 24.5 Å². The van der Waals surface area contributed by atoms with Gasteiger partial charge in [-0.2, -0.15) is 0 Å². The molecule has 34 heavy (non-hydrogen) atoms. The number of nitrogens with one attached hydrogen (secondary N) is 3. The second-order valence-electron chi connectivity index (χ2n) is 8.18. The Hall–Kier alpha value is -4.24. The number of aromatic nitrogens is 2. The zero-order valence-corrected chi connectivity index (χ0v) is 18.6. The molecule has 0 unspecified atom stereocenters. The highest BCUT2D eigenvalue weighted by atomic mass is 16.6. The van der Waals surface area contributed by atoms with Crippen LogP contribution >= 0.6 is 0 Å². The van der Waals surface area contributed by atoms with E-state index in [9.17, 15) is 19.7 Å². The van der Waals surface area contributed by atoms with Gasteiger partial charge in [0.15, 0.2) is 0 Å². The van der Waals surface area contributed by atoms with Crippen molar-refractivity contribution < 1.29 is 14.5 Å². The van der Waals surface area contributed by atoms with Crippen LogP contribution < -0.4 is 10.6 Å². The molecule has 2 amide bonds. The highest BCUT2D eigenvalue weighted by molar-refractivity contribution is 6.50. The minimum atomic E-state index is -0.477. The maximum absolute atomic E-state index is 13.0. The Bertz CT molecular complexity index is 1490. The Kier molecular flexibility index (Phi) is 5.46. The molecule has 1 aliphatic rings. The fourth-order valence-electron chi connectivity index (χ4n) is 4.58. The van der Waals surface area contributed by atoms with E-state index in [1.165, 1.54) is 12.1 Å². The van der Waals surface area contributed by atoms with E-state index in [2.05, 4.69) is 15.6 Å². The SMILES string of the molecule is CCNCCCn1cc(C2=C(c3c[nH]c4ccccc34)C(=O)NC2=O)c2ccc([N+](=O)[O-])cc21. The predicted octanol–water partition coefficient (Wildman–Crippen LogP) is 3.60. The van der Waals surface area contributed by atoms with Gasteiger partial charge in [0.05, 0.1) is 21.6 Å². The first-order valence-corrected chi connectivity index (χ1v) is 11.1. The van der Waals surface area contributed by atoms with Gasteiger partial charge in [0.25, 0.3) is 17.5 Å². The van der Waals surface area contributed by atoms with E-state index in [4.69, 9.17) is 0 Å². The van der Waals surface area contributed by atoms with Crippen molar-refractivity contribution in [2.24, 2.45) is 0 Å². The molecule has 9 nitrogen and oxygen atoms in total. The summed E-state index contributed by atoms with van der Waals surface area (Å²) in [6.45, 7) is 4.28. The Morgan fingerprint density at radius 3 is 2.56 bits per heavy atom. The first kappa shape index (κ1) is 21.6. The number of amides is 2. The zero-order chi connectivity index (χ0) is 23.8. The largest absolute Gasteiger partial charge is 0.361 e. The summed E-state index contributed by atoms with van der Waals surface area (Å²) in [5.74, 6) is -0.935. The molecule has 1 aliphatic heterocycles. The first-order chi connectivity index (χ1) is 16.5. The molecule has 172 valence electrons. The molecule has 0 saturated heterocycles. The van der Waals surface area contributed by atoms with Gasteiger partial charge in [-0.3, -0.25) is 25.0 Å². The third-order valence-corrected chi connectivity index (χ3v) is 6.14. The van der Waals surface area contributed by atoms with Crippen LogP contribution in [0.2, 0.25) is 0 Å². The van der Waals surface area contributed by atoms with Gasteiger partial charge < -0.3 is 14.9 Å². The summed E-state index contributed by atoms with van der Waals surface area (Å²) in [6.07, 6.45) is 4.36. The number of carbonyl (C=O) groups excluding carboxylic acids is 2. The smallest absolute Gasteiger partial charge is 0.271 e. The Labute approximate surface area is 194 Å². The Morgan fingerprint density at radius 2 is 1.79 bits per heavy atom. The second kappa shape index (κ2) is 8.60. The number of nitro benzene ring substituents is 1. The number of hydrogen-bond donors (Lipinski definition) is 3. The summed E-state index contributed by atoms with van der Waals surface area (Å²) >= 11 is 0. The number of fused-ring (bicyclic) bond motifs is 2. The molecule has 0 bridgehead atoms. The number of nitrogens with zero attached hydrogens (tertiary/aromatic N) is 2. The topological polar surface area (TPSA) is 122 Å². The third kappa shape index (κ3) is 3.56. The number of imide groups is 1. The summed E-state index contributed by atoms with van der Waals surface area (Å²) in [5, 5.41) is 18.6. The fraction of sp³-hybridized carbons (Fsp3) is 0.200. The molecule has 2 aromatic heterocycles. The van der Waals surface area contributed by atoms with Crippen LogP contribution in [-0.2, 0) is 16.1 Å². The lowest BCUT2D eigenvalue weighted by Gasteiger charge is -2.05. The van der Waals surface area contributed by atoms with Crippen molar-refractivity contribution >= 4 is 50.5 Å². The van der Waals surface area contributed by atoms with Crippen LogP contribution in [0.5, 0.6) is 0 Å².